The van der Waals surface area contributed by atoms with Gasteiger partial charge in [-0.25, -0.2) is 10.2 Å². The maximum absolute atomic E-state index is 12.0. The molecule has 0 atom stereocenters. The van der Waals surface area contributed by atoms with Crippen molar-refractivity contribution in [2.24, 2.45) is 5.10 Å². The van der Waals surface area contributed by atoms with E-state index in [0.717, 1.165) is 28.2 Å². The van der Waals surface area contributed by atoms with Crippen molar-refractivity contribution in [2.45, 2.75) is 13.8 Å². The highest BCUT2D eigenvalue weighted by Gasteiger charge is 2.03. The summed E-state index contributed by atoms with van der Waals surface area (Å²) in [6.07, 6.45) is 3.57. The third kappa shape index (κ3) is 4.35. The van der Waals surface area contributed by atoms with Crippen molar-refractivity contribution in [1.82, 2.24) is 9.99 Å². The lowest BCUT2D eigenvalue weighted by Crippen LogP contribution is -2.24. The fourth-order valence-electron chi connectivity index (χ4n) is 2.69. The number of aromatic nitrogens is 1. The third-order valence-corrected chi connectivity index (χ3v) is 3.66. The number of anilines is 1. The van der Waals surface area contributed by atoms with Gasteiger partial charge in [0.2, 0.25) is 0 Å². The minimum atomic E-state index is -0.376. The predicted octanol–water partition coefficient (Wildman–Crippen LogP) is 4.25. The van der Waals surface area contributed by atoms with Gasteiger partial charge in [0.25, 0.3) is 0 Å². The highest BCUT2D eigenvalue weighted by molar-refractivity contribution is 5.90. The summed E-state index contributed by atoms with van der Waals surface area (Å²) in [5.74, 6) is 0. The molecule has 0 aliphatic heterocycles. The molecule has 0 fully saturated rings. The molecule has 25 heavy (non-hydrogen) atoms. The average Bonchev–Trinajstić information content (AvgIpc) is 3.03. The molecular formula is C20H20N4O. The number of benzene rings is 2. The Kier molecular flexibility index (Phi) is 4.95. The lowest BCUT2D eigenvalue weighted by molar-refractivity contribution is 0.252. The average molecular weight is 332 g/mol. The molecule has 5 heteroatoms. The molecule has 0 bridgehead atoms. The maximum Gasteiger partial charge on any atom is 0.339 e. The first-order chi connectivity index (χ1) is 12.1. The molecule has 0 unspecified atom stereocenters. The van der Waals surface area contributed by atoms with E-state index in [-0.39, 0.29) is 6.03 Å². The van der Waals surface area contributed by atoms with E-state index in [9.17, 15) is 4.79 Å². The smallest absolute Gasteiger partial charge is 0.316 e. The second-order valence-corrected chi connectivity index (χ2v) is 5.84. The summed E-state index contributed by atoms with van der Waals surface area (Å²) in [5, 5.41) is 6.81. The van der Waals surface area contributed by atoms with Crippen LogP contribution in [-0.4, -0.2) is 16.8 Å². The summed E-state index contributed by atoms with van der Waals surface area (Å²) in [6, 6.07) is 19.3. The Morgan fingerprint density at radius 3 is 2.44 bits per heavy atom. The number of carbonyl (C=O) groups excluding carboxylic acids is 1. The normalized spacial score (nSPS) is 10.8. The van der Waals surface area contributed by atoms with Crippen molar-refractivity contribution in [3.63, 3.8) is 0 Å². The largest absolute Gasteiger partial charge is 0.339 e. The number of aryl methyl sites for hydroxylation is 2. The molecule has 5 nitrogen and oxygen atoms in total. The van der Waals surface area contributed by atoms with E-state index in [1.54, 1.807) is 6.21 Å². The molecule has 0 radical (unpaired) electrons. The molecule has 2 N–H and O–H groups in total. The van der Waals surface area contributed by atoms with Gasteiger partial charge >= 0.3 is 6.03 Å². The molecule has 1 aromatic heterocycles. The number of amides is 2. The topological polar surface area (TPSA) is 58.4 Å². The van der Waals surface area contributed by atoms with E-state index >= 15 is 0 Å². The van der Waals surface area contributed by atoms with Crippen LogP contribution in [0, 0.1) is 13.8 Å². The Labute approximate surface area is 147 Å². The van der Waals surface area contributed by atoms with Gasteiger partial charge in [-0.2, -0.15) is 5.10 Å². The van der Waals surface area contributed by atoms with Crippen molar-refractivity contribution in [2.75, 3.05) is 5.32 Å². The van der Waals surface area contributed by atoms with Crippen LogP contribution >= 0.6 is 0 Å². The van der Waals surface area contributed by atoms with Crippen molar-refractivity contribution in [1.29, 1.82) is 0 Å². The number of carbonyl (C=O) groups is 1. The van der Waals surface area contributed by atoms with Crippen LogP contribution in [0.5, 0.6) is 0 Å². The van der Waals surface area contributed by atoms with Crippen LogP contribution < -0.4 is 10.7 Å². The summed E-state index contributed by atoms with van der Waals surface area (Å²) in [4.78, 5) is 12.0. The SMILES string of the molecule is Cc1cc(C)cc(NC(=O)N/N=C/c2cccn2-c2ccccc2)c1. The lowest BCUT2D eigenvalue weighted by atomic mass is 10.1. The van der Waals surface area contributed by atoms with Crippen molar-refractivity contribution < 1.29 is 4.79 Å². The number of urea groups is 1. The van der Waals surface area contributed by atoms with Crippen molar-refractivity contribution >= 4 is 17.9 Å². The summed E-state index contributed by atoms with van der Waals surface area (Å²) >= 11 is 0. The number of hydrazone groups is 1. The Morgan fingerprint density at radius 1 is 1.00 bits per heavy atom. The minimum Gasteiger partial charge on any atom is -0.316 e. The number of hydrogen-bond acceptors (Lipinski definition) is 2. The van der Waals surface area contributed by atoms with Crippen LogP contribution in [0.1, 0.15) is 16.8 Å². The van der Waals surface area contributed by atoms with E-state index in [1.165, 1.54) is 0 Å². The standard InChI is InChI=1S/C20H20N4O/c1-15-11-16(2)13-17(12-15)22-20(25)23-21-14-19-9-6-10-24(19)18-7-4-3-5-8-18/h3-14H,1-2H3,(H2,22,23,25)/b21-14+. The van der Waals surface area contributed by atoms with Crippen LogP contribution in [0.25, 0.3) is 5.69 Å². The van der Waals surface area contributed by atoms with Gasteiger partial charge in [-0.05, 0) is 61.4 Å². The highest BCUT2D eigenvalue weighted by atomic mass is 16.2. The van der Waals surface area contributed by atoms with Crippen LogP contribution in [0.2, 0.25) is 0 Å². The van der Waals surface area contributed by atoms with Gasteiger partial charge in [-0.3, -0.25) is 0 Å². The molecule has 0 aliphatic rings. The molecule has 0 spiro atoms. The Hall–Kier alpha value is -3.34. The highest BCUT2D eigenvalue weighted by Crippen LogP contribution is 2.13. The lowest BCUT2D eigenvalue weighted by Gasteiger charge is -2.07. The van der Waals surface area contributed by atoms with Gasteiger partial charge in [-0.15, -0.1) is 0 Å². The molecule has 0 saturated carbocycles. The quantitative estimate of drug-likeness (QED) is 0.544. The molecule has 3 aromatic rings. The van der Waals surface area contributed by atoms with Gasteiger partial charge in [0.05, 0.1) is 11.9 Å². The third-order valence-electron chi connectivity index (χ3n) is 3.66. The van der Waals surface area contributed by atoms with Gasteiger partial charge < -0.3 is 9.88 Å². The molecule has 0 saturated heterocycles. The number of rotatable bonds is 4. The fourth-order valence-corrected chi connectivity index (χ4v) is 2.69. The van der Waals surface area contributed by atoms with Crippen molar-refractivity contribution in [3.8, 4) is 5.69 Å². The maximum atomic E-state index is 12.0. The molecule has 0 aliphatic carbocycles. The zero-order chi connectivity index (χ0) is 17.6. The minimum absolute atomic E-state index is 0.376. The molecule has 3 rings (SSSR count). The number of nitrogens with zero attached hydrogens (tertiary/aromatic N) is 2. The van der Waals surface area contributed by atoms with Gasteiger partial charge in [0.15, 0.2) is 0 Å². The number of hydrogen-bond donors (Lipinski definition) is 2. The van der Waals surface area contributed by atoms with Crippen LogP contribution in [0.3, 0.4) is 0 Å². The van der Waals surface area contributed by atoms with E-state index in [0.29, 0.717) is 0 Å². The molecule has 2 amide bonds. The summed E-state index contributed by atoms with van der Waals surface area (Å²) in [7, 11) is 0. The predicted molar refractivity (Wildman–Crippen MR) is 101 cm³/mol. The second kappa shape index (κ2) is 7.49. The van der Waals surface area contributed by atoms with E-state index < -0.39 is 0 Å². The summed E-state index contributed by atoms with van der Waals surface area (Å²) in [6.45, 7) is 3.98. The first kappa shape index (κ1) is 16.5. The molecular weight excluding hydrogens is 312 g/mol. The Morgan fingerprint density at radius 2 is 1.72 bits per heavy atom. The summed E-state index contributed by atoms with van der Waals surface area (Å²) < 4.78 is 1.99. The second-order valence-electron chi connectivity index (χ2n) is 5.84. The number of para-hydroxylation sites is 1. The summed E-state index contributed by atoms with van der Waals surface area (Å²) in [5.41, 5.74) is 7.34. The first-order valence-corrected chi connectivity index (χ1v) is 8.03. The fraction of sp³-hybridized carbons (Fsp3) is 0.100. The molecule has 126 valence electrons. The Balaban J connectivity index is 1.64. The van der Waals surface area contributed by atoms with Crippen LogP contribution in [0.4, 0.5) is 10.5 Å². The van der Waals surface area contributed by atoms with Crippen LogP contribution in [-0.2, 0) is 0 Å². The monoisotopic (exact) mass is 332 g/mol. The van der Waals surface area contributed by atoms with Gasteiger partial charge in [0.1, 0.15) is 0 Å². The van der Waals surface area contributed by atoms with Crippen molar-refractivity contribution in [3.05, 3.63) is 83.7 Å². The zero-order valence-electron chi connectivity index (χ0n) is 14.2. The van der Waals surface area contributed by atoms with Gasteiger partial charge in [-0.1, -0.05) is 24.3 Å². The first-order valence-electron chi connectivity index (χ1n) is 8.03. The van der Waals surface area contributed by atoms with Gasteiger partial charge in [0, 0.05) is 17.6 Å². The molecule has 2 aromatic carbocycles. The number of nitrogens with one attached hydrogen (secondary N) is 2. The van der Waals surface area contributed by atoms with E-state index in [4.69, 9.17) is 0 Å². The zero-order valence-corrected chi connectivity index (χ0v) is 14.2. The van der Waals surface area contributed by atoms with E-state index in [2.05, 4.69) is 21.9 Å². The Bertz CT molecular complexity index is 877. The van der Waals surface area contributed by atoms with Crippen LogP contribution in [0.15, 0.2) is 72.0 Å². The molecule has 1 heterocycles. The van der Waals surface area contributed by atoms with E-state index in [1.807, 2.05) is 79.2 Å².